The van der Waals surface area contributed by atoms with Crippen LogP contribution in [0.4, 0.5) is 4.79 Å². The predicted octanol–water partition coefficient (Wildman–Crippen LogP) is 3.28. The Kier molecular flexibility index (Phi) is 14.0. The first-order valence-electron chi connectivity index (χ1n) is 9.57. The van der Waals surface area contributed by atoms with E-state index in [-0.39, 0.29) is 52.1 Å². The van der Waals surface area contributed by atoms with Crippen molar-refractivity contribution in [2.75, 3.05) is 46.6 Å². The molecular weight excluding hydrogens is 394 g/mol. The Morgan fingerprint density at radius 1 is 0.833 bits per heavy atom. The molecule has 9 nitrogen and oxygen atoms in total. The Morgan fingerprint density at radius 3 is 1.80 bits per heavy atom. The molecule has 0 atom stereocenters. The first-order chi connectivity index (χ1) is 14.1. The highest BCUT2D eigenvalue weighted by atomic mass is 16.7. The minimum absolute atomic E-state index is 0.0163. The van der Waals surface area contributed by atoms with E-state index in [1.165, 1.54) is 0 Å². The number of nitrogens with one attached hydrogen (secondary N) is 1. The fourth-order valence-corrected chi connectivity index (χ4v) is 1.92. The van der Waals surface area contributed by atoms with E-state index in [4.69, 9.17) is 28.4 Å². The van der Waals surface area contributed by atoms with Gasteiger partial charge in [-0.2, -0.15) is 0 Å². The van der Waals surface area contributed by atoms with Crippen molar-refractivity contribution in [1.29, 1.82) is 0 Å². The second-order valence-electron chi connectivity index (χ2n) is 6.90. The number of carbonyl (C=O) groups is 2. The molecule has 0 rings (SSSR count). The SMILES string of the molecule is C=C(C)OCOCC(CC)(COCOC(=C)C)COC(=O)NCCOC(=O)C(=C)C. The molecule has 0 saturated heterocycles. The summed E-state index contributed by atoms with van der Waals surface area (Å²) in [6.07, 6.45) is -0.0352. The molecule has 0 aliphatic heterocycles. The smallest absolute Gasteiger partial charge is 0.407 e. The molecule has 1 amide bonds. The molecule has 0 unspecified atom stereocenters. The Morgan fingerprint density at radius 2 is 1.37 bits per heavy atom. The summed E-state index contributed by atoms with van der Waals surface area (Å²) in [4.78, 5) is 23.3. The molecule has 0 aromatic heterocycles. The molecule has 0 spiro atoms. The Balaban J connectivity index is 4.57. The van der Waals surface area contributed by atoms with Crippen LogP contribution in [0.3, 0.4) is 0 Å². The zero-order chi connectivity index (χ0) is 23.0. The summed E-state index contributed by atoms with van der Waals surface area (Å²) in [5, 5.41) is 2.52. The van der Waals surface area contributed by atoms with Crippen LogP contribution < -0.4 is 5.32 Å². The molecule has 0 aliphatic rings. The third-order valence-electron chi connectivity index (χ3n) is 3.81. The average molecular weight is 430 g/mol. The number of amides is 1. The summed E-state index contributed by atoms with van der Waals surface area (Å²) >= 11 is 0. The summed E-state index contributed by atoms with van der Waals surface area (Å²) in [5.74, 6) is 0.552. The Labute approximate surface area is 179 Å². The molecular formula is C21H35NO8. The van der Waals surface area contributed by atoms with E-state index in [1.54, 1.807) is 20.8 Å². The normalized spacial score (nSPS) is 10.7. The second-order valence-corrected chi connectivity index (χ2v) is 6.90. The lowest BCUT2D eigenvalue weighted by Gasteiger charge is -2.31. The van der Waals surface area contributed by atoms with Gasteiger partial charge < -0.3 is 33.7 Å². The lowest BCUT2D eigenvalue weighted by Crippen LogP contribution is -2.40. The van der Waals surface area contributed by atoms with Crippen LogP contribution in [-0.4, -0.2) is 58.6 Å². The number of rotatable bonds is 17. The zero-order valence-corrected chi connectivity index (χ0v) is 18.5. The van der Waals surface area contributed by atoms with Crippen LogP contribution in [0.15, 0.2) is 36.8 Å². The summed E-state index contributed by atoms with van der Waals surface area (Å²) in [7, 11) is 0. The summed E-state index contributed by atoms with van der Waals surface area (Å²) in [6.45, 7) is 18.4. The van der Waals surface area contributed by atoms with E-state index < -0.39 is 17.5 Å². The van der Waals surface area contributed by atoms with Gasteiger partial charge in [0.15, 0.2) is 13.6 Å². The van der Waals surface area contributed by atoms with Crippen LogP contribution in [0, 0.1) is 5.41 Å². The van der Waals surface area contributed by atoms with Gasteiger partial charge in [-0.25, -0.2) is 9.59 Å². The summed E-state index contributed by atoms with van der Waals surface area (Å²) in [6, 6.07) is 0. The topological polar surface area (TPSA) is 102 Å². The fraction of sp³-hybridized carbons (Fsp3) is 0.619. The van der Waals surface area contributed by atoms with E-state index >= 15 is 0 Å². The fourth-order valence-electron chi connectivity index (χ4n) is 1.92. The number of esters is 1. The molecule has 0 aliphatic carbocycles. The van der Waals surface area contributed by atoms with Crippen molar-refractivity contribution in [2.24, 2.45) is 5.41 Å². The lowest BCUT2D eigenvalue weighted by atomic mass is 9.88. The van der Waals surface area contributed by atoms with Gasteiger partial charge in [-0.15, -0.1) is 0 Å². The van der Waals surface area contributed by atoms with Crippen molar-refractivity contribution >= 4 is 12.1 Å². The molecule has 172 valence electrons. The molecule has 0 bridgehead atoms. The van der Waals surface area contributed by atoms with Crippen LogP contribution in [0.2, 0.25) is 0 Å². The van der Waals surface area contributed by atoms with Gasteiger partial charge in [0, 0.05) is 5.57 Å². The minimum Gasteiger partial charge on any atom is -0.473 e. The van der Waals surface area contributed by atoms with Crippen molar-refractivity contribution in [3.8, 4) is 0 Å². The molecule has 0 saturated carbocycles. The van der Waals surface area contributed by atoms with Gasteiger partial charge in [-0.3, -0.25) is 0 Å². The number of hydrogen-bond donors (Lipinski definition) is 1. The highest BCUT2D eigenvalue weighted by Crippen LogP contribution is 2.24. The van der Waals surface area contributed by atoms with E-state index in [0.717, 1.165) is 0 Å². The van der Waals surface area contributed by atoms with Gasteiger partial charge in [0.25, 0.3) is 0 Å². The van der Waals surface area contributed by atoms with Gasteiger partial charge in [0.05, 0.1) is 36.7 Å². The standard InChI is InChI=1S/C21H35NO8/c1-8-21(11-25-14-29-17(4)5,12-26-15-30-18(6)7)13-28-20(24)22-9-10-27-19(23)16(2)3/h2,4,6,8-15H2,1,3,5,7H3,(H,22,24). The maximum atomic E-state index is 12.0. The number of carbonyl (C=O) groups excluding carboxylic acids is 2. The average Bonchev–Trinajstić information content (AvgIpc) is 2.68. The number of hydrogen-bond acceptors (Lipinski definition) is 8. The second kappa shape index (κ2) is 15.3. The molecule has 0 aromatic rings. The Hall–Kier alpha value is -2.52. The molecule has 1 N–H and O–H groups in total. The maximum Gasteiger partial charge on any atom is 0.407 e. The first-order valence-corrected chi connectivity index (χ1v) is 9.57. The number of ether oxygens (including phenoxy) is 6. The molecule has 0 radical (unpaired) electrons. The highest BCUT2D eigenvalue weighted by molar-refractivity contribution is 5.86. The quantitative estimate of drug-likeness (QED) is 0.124. The van der Waals surface area contributed by atoms with Crippen molar-refractivity contribution < 1.29 is 38.0 Å². The predicted molar refractivity (Wildman–Crippen MR) is 111 cm³/mol. The summed E-state index contributed by atoms with van der Waals surface area (Å²) < 4.78 is 31.8. The number of alkyl carbamates (subject to hydrolysis) is 1. The molecule has 30 heavy (non-hydrogen) atoms. The van der Waals surface area contributed by atoms with Crippen LogP contribution in [0.25, 0.3) is 0 Å². The van der Waals surface area contributed by atoms with Crippen LogP contribution >= 0.6 is 0 Å². The monoisotopic (exact) mass is 429 g/mol. The molecule has 9 heteroatoms. The van der Waals surface area contributed by atoms with E-state index in [2.05, 4.69) is 25.1 Å². The Bertz CT molecular complexity index is 566. The lowest BCUT2D eigenvalue weighted by molar-refractivity contribution is -0.138. The van der Waals surface area contributed by atoms with Gasteiger partial charge in [-0.05, 0) is 27.2 Å². The van der Waals surface area contributed by atoms with Crippen LogP contribution in [0.5, 0.6) is 0 Å². The van der Waals surface area contributed by atoms with Crippen molar-refractivity contribution in [1.82, 2.24) is 5.32 Å². The molecule has 0 heterocycles. The zero-order valence-electron chi connectivity index (χ0n) is 18.5. The number of allylic oxidation sites excluding steroid dienone is 2. The third kappa shape index (κ3) is 13.6. The van der Waals surface area contributed by atoms with Crippen molar-refractivity contribution in [3.05, 3.63) is 36.8 Å². The molecule has 0 aromatic carbocycles. The summed E-state index contributed by atoms with van der Waals surface area (Å²) in [5.41, 5.74) is -0.322. The molecule has 0 fully saturated rings. The van der Waals surface area contributed by atoms with Gasteiger partial charge in [0.1, 0.15) is 13.2 Å². The van der Waals surface area contributed by atoms with Gasteiger partial charge >= 0.3 is 12.1 Å². The highest BCUT2D eigenvalue weighted by Gasteiger charge is 2.31. The maximum absolute atomic E-state index is 12.0. The van der Waals surface area contributed by atoms with Crippen molar-refractivity contribution in [3.63, 3.8) is 0 Å². The first kappa shape index (κ1) is 27.5. The largest absolute Gasteiger partial charge is 0.473 e. The van der Waals surface area contributed by atoms with Crippen molar-refractivity contribution in [2.45, 2.75) is 34.1 Å². The van der Waals surface area contributed by atoms with E-state index in [0.29, 0.717) is 17.9 Å². The van der Waals surface area contributed by atoms with Gasteiger partial charge in [0.2, 0.25) is 0 Å². The van der Waals surface area contributed by atoms with Crippen LogP contribution in [0.1, 0.15) is 34.1 Å². The van der Waals surface area contributed by atoms with E-state index in [1.807, 2.05) is 6.92 Å². The van der Waals surface area contributed by atoms with E-state index in [9.17, 15) is 9.59 Å². The van der Waals surface area contributed by atoms with Crippen LogP contribution in [-0.2, 0) is 33.2 Å². The van der Waals surface area contributed by atoms with Gasteiger partial charge in [-0.1, -0.05) is 26.7 Å². The minimum atomic E-state index is -0.643. The third-order valence-corrected chi connectivity index (χ3v) is 3.81.